The van der Waals surface area contributed by atoms with Crippen LogP contribution in [0.4, 0.5) is 10.7 Å². The van der Waals surface area contributed by atoms with Crippen molar-refractivity contribution in [3.63, 3.8) is 0 Å². The van der Waals surface area contributed by atoms with E-state index in [1.165, 1.54) is 28.4 Å². The quantitative estimate of drug-likeness (QED) is 0.371. The lowest BCUT2D eigenvalue weighted by Gasteiger charge is -2.34. The van der Waals surface area contributed by atoms with E-state index in [9.17, 15) is 4.79 Å². The van der Waals surface area contributed by atoms with E-state index in [0.29, 0.717) is 23.2 Å². The van der Waals surface area contributed by atoms with Gasteiger partial charge in [0.05, 0.1) is 6.20 Å². The van der Waals surface area contributed by atoms with Crippen LogP contribution < -0.4 is 4.90 Å². The molecule has 0 fully saturated rings. The molecule has 0 radical (unpaired) electrons. The molecule has 182 valence electrons. The summed E-state index contributed by atoms with van der Waals surface area (Å²) in [6, 6.07) is 8.16. The number of nitrogens with one attached hydrogen (secondary N) is 1. The van der Waals surface area contributed by atoms with Crippen molar-refractivity contribution in [3.8, 4) is 0 Å². The van der Waals surface area contributed by atoms with Crippen LogP contribution in [0.25, 0.3) is 22.1 Å². The van der Waals surface area contributed by atoms with Crippen LogP contribution in [0.15, 0.2) is 42.2 Å². The fraction of sp³-hybridized carbons (Fsp3) is 0.385. The number of carbonyl (C=O) groups excluding carboxylic acids is 1. The van der Waals surface area contributed by atoms with Crippen molar-refractivity contribution in [2.75, 3.05) is 11.2 Å². The van der Waals surface area contributed by atoms with Crippen molar-refractivity contribution in [3.05, 3.63) is 53.9 Å². The number of thioether (sulfide) groups is 1. The predicted molar refractivity (Wildman–Crippen MR) is 140 cm³/mol. The van der Waals surface area contributed by atoms with Gasteiger partial charge in [0, 0.05) is 28.2 Å². The molecule has 1 atom stereocenters. The van der Waals surface area contributed by atoms with Crippen molar-refractivity contribution in [1.29, 1.82) is 0 Å². The number of aromatic amines is 1. The number of nitrogens with zero attached hydrogens (tertiary/aromatic N) is 5. The summed E-state index contributed by atoms with van der Waals surface area (Å²) >= 11 is 1.43. The first-order valence-corrected chi connectivity index (χ1v) is 12.9. The fourth-order valence-corrected chi connectivity index (χ4v) is 5.02. The topological polar surface area (TPSA) is 88.4 Å². The van der Waals surface area contributed by atoms with Crippen molar-refractivity contribution in [2.24, 2.45) is 0 Å². The molecule has 1 amide bonds. The van der Waals surface area contributed by atoms with E-state index < -0.39 is 11.7 Å². The first kappa shape index (κ1) is 23.4. The van der Waals surface area contributed by atoms with Crippen LogP contribution >= 0.6 is 11.8 Å². The number of ether oxygens (including phenoxy) is 1. The number of allylic oxidation sites excluding steroid dienone is 1. The highest BCUT2D eigenvalue weighted by Crippen LogP contribution is 2.34. The first-order valence-electron chi connectivity index (χ1n) is 11.7. The maximum absolute atomic E-state index is 13.7. The number of benzene rings is 1. The molecule has 0 saturated heterocycles. The summed E-state index contributed by atoms with van der Waals surface area (Å²) in [5.41, 5.74) is 5.24. The van der Waals surface area contributed by atoms with Crippen LogP contribution in [0.1, 0.15) is 50.9 Å². The summed E-state index contributed by atoms with van der Waals surface area (Å²) in [6.07, 6.45) is 5.49. The number of H-pyrrole nitrogens is 1. The zero-order valence-electron chi connectivity index (χ0n) is 20.8. The molecular formula is C26H30N6O2S. The molecule has 1 aromatic carbocycles. The lowest BCUT2D eigenvalue weighted by molar-refractivity contribution is 0.0558. The van der Waals surface area contributed by atoms with Crippen molar-refractivity contribution in [2.45, 2.75) is 63.8 Å². The standard InChI is InChI=1S/C26H30N6O2S/c1-15(2)19-14-27-32-22(19)29-23(35-6)30-24(32)31(25(33)34-26(3,4)5)16-11-12-21-18(13-16)17-9-7-8-10-20(17)28-21/h7-10,14,16,28H,1,11-13H2,2-6H3. The van der Waals surface area contributed by atoms with Gasteiger partial charge in [0.1, 0.15) is 5.60 Å². The molecule has 3 heterocycles. The molecule has 4 aromatic rings. The zero-order valence-corrected chi connectivity index (χ0v) is 21.6. The van der Waals surface area contributed by atoms with Crippen LogP contribution in [0.5, 0.6) is 0 Å². The molecule has 1 aliphatic carbocycles. The summed E-state index contributed by atoms with van der Waals surface area (Å²) < 4.78 is 7.53. The Bertz CT molecular complexity index is 1450. The van der Waals surface area contributed by atoms with Gasteiger partial charge in [0.2, 0.25) is 5.95 Å². The molecule has 0 bridgehead atoms. The molecule has 5 rings (SSSR count). The Balaban J connectivity index is 1.66. The zero-order chi connectivity index (χ0) is 24.9. The number of hydrogen-bond donors (Lipinski definition) is 1. The van der Waals surface area contributed by atoms with E-state index in [1.54, 1.807) is 15.6 Å². The highest BCUT2D eigenvalue weighted by molar-refractivity contribution is 7.98. The van der Waals surface area contributed by atoms with Crippen LogP contribution in [-0.2, 0) is 17.6 Å². The Morgan fingerprint density at radius 3 is 2.77 bits per heavy atom. The van der Waals surface area contributed by atoms with Crippen molar-refractivity contribution >= 4 is 45.9 Å². The molecule has 35 heavy (non-hydrogen) atoms. The average molecular weight is 491 g/mol. The molecule has 0 aliphatic heterocycles. The van der Waals surface area contributed by atoms with Gasteiger partial charge in [-0.15, -0.1) is 0 Å². The predicted octanol–water partition coefficient (Wildman–Crippen LogP) is 5.66. The maximum atomic E-state index is 13.7. The maximum Gasteiger partial charge on any atom is 0.417 e. The molecule has 1 aliphatic rings. The summed E-state index contributed by atoms with van der Waals surface area (Å²) in [5, 5.41) is 6.31. The van der Waals surface area contributed by atoms with Crippen LogP contribution in [-0.4, -0.2) is 48.6 Å². The van der Waals surface area contributed by atoms with Gasteiger partial charge in [-0.1, -0.05) is 36.5 Å². The van der Waals surface area contributed by atoms with Gasteiger partial charge in [-0.05, 0) is 70.4 Å². The number of carbonyl (C=O) groups is 1. The molecule has 0 spiro atoms. The van der Waals surface area contributed by atoms with E-state index in [2.05, 4.69) is 33.8 Å². The minimum Gasteiger partial charge on any atom is -0.443 e. The van der Waals surface area contributed by atoms with Gasteiger partial charge >= 0.3 is 6.09 Å². The van der Waals surface area contributed by atoms with Crippen molar-refractivity contribution in [1.82, 2.24) is 24.6 Å². The van der Waals surface area contributed by atoms with Gasteiger partial charge < -0.3 is 9.72 Å². The van der Waals surface area contributed by atoms with E-state index in [0.717, 1.165) is 29.5 Å². The fourth-order valence-electron chi connectivity index (χ4n) is 4.67. The van der Waals surface area contributed by atoms with Crippen molar-refractivity contribution < 1.29 is 9.53 Å². The number of aryl methyl sites for hydroxylation is 1. The van der Waals surface area contributed by atoms with Gasteiger partial charge in [-0.3, -0.25) is 0 Å². The first-order chi connectivity index (χ1) is 16.7. The molecular weight excluding hydrogens is 460 g/mol. The summed E-state index contributed by atoms with van der Waals surface area (Å²) in [7, 11) is 0. The van der Waals surface area contributed by atoms with Gasteiger partial charge in [0.25, 0.3) is 0 Å². The van der Waals surface area contributed by atoms with Crippen LogP contribution in [0, 0.1) is 0 Å². The van der Waals surface area contributed by atoms with E-state index in [1.807, 2.05) is 46.1 Å². The average Bonchev–Trinajstić information content (AvgIpc) is 3.39. The van der Waals surface area contributed by atoms with E-state index in [4.69, 9.17) is 9.72 Å². The molecule has 8 nitrogen and oxygen atoms in total. The third-order valence-electron chi connectivity index (χ3n) is 6.21. The van der Waals surface area contributed by atoms with Gasteiger partial charge in [-0.25, -0.2) is 14.7 Å². The molecule has 1 N–H and O–H groups in total. The molecule has 9 heteroatoms. The van der Waals surface area contributed by atoms with E-state index in [-0.39, 0.29) is 6.04 Å². The highest BCUT2D eigenvalue weighted by atomic mass is 32.2. The smallest absolute Gasteiger partial charge is 0.417 e. The number of amides is 1. The number of aromatic nitrogens is 5. The normalized spacial score (nSPS) is 15.9. The Labute approximate surface area is 208 Å². The monoisotopic (exact) mass is 490 g/mol. The summed E-state index contributed by atoms with van der Waals surface area (Å²) in [4.78, 5) is 28.4. The lowest BCUT2D eigenvalue weighted by atomic mass is 9.90. The third kappa shape index (κ3) is 4.29. The SMILES string of the molecule is C=C(C)c1cnn2c(N(C(=O)OC(C)(C)C)C3CCc4[nH]c5ccccc5c4C3)nc(SC)nc12. The number of para-hydroxylation sites is 1. The Hall–Kier alpha value is -3.33. The second-order valence-corrected chi connectivity index (χ2v) is 10.7. The van der Waals surface area contributed by atoms with E-state index >= 15 is 0 Å². The van der Waals surface area contributed by atoms with Crippen LogP contribution in [0.3, 0.4) is 0 Å². The lowest BCUT2D eigenvalue weighted by Crippen LogP contribution is -2.47. The number of rotatable bonds is 4. The molecule has 1 unspecified atom stereocenters. The Kier molecular flexibility index (Phi) is 5.83. The minimum atomic E-state index is -0.655. The molecule has 3 aromatic heterocycles. The highest BCUT2D eigenvalue weighted by Gasteiger charge is 2.36. The van der Waals surface area contributed by atoms with Crippen LogP contribution in [0.2, 0.25) is 0 Å². The number of anilines is 1. The third-order valence-corrected chi connectivity index (χ3v) is 6.76. The Morgan fingerprint density at radius 1 is 1.29 bits per heavy atom. The second-order valence-electron chi connectivity index (χ2n) is 9.96. The van der Waals surface area contributed by atoms with Gasteiger partial charge in [0.15, 0.2) is 10.8 Å². The molecule has 0 saturated carbocycles. The largest absolute Gasteiger partial charge is 0.443 e. The van der Waals surface area contributed by atoms with Gasteiger partial charge in [-0.2, -0.15) is 14.6 Å². The summed E-state index contributed by atoms with van der Waals surface area (Å²) in [5.74, 6) is 0.411. The second kappa shape index (κ2) is 8.71. The summed E-state index contributed by atoms with van der Waals surface area (Å²) in [6.45, 7) is 11.6. The Morgan fingerprint density at radius 2 is 2.06 bits per heavy atom. The minimum absolute atomic E-state index is 0.151. The number of fused-ring (bicyclic) bond motifs is 4. The number of hydrogen-bond acceptors (Lipinski definition) is 6.